The van der Waals surface area contributed by atoms with E-state index in [1.165, 1.54) is 19.3 Å². The highest BCUT2D eigenvalue weighted by Gasteiger charge is 2.32. The molecule has 0 aliphatic carbocycles. The van der Waals surface area contributed by atoms with E-state index < -0.39 is 0 Å². The second kappa shape index (κ2) is 6.91. The molecule has 2 nitrogen and oxygen atoms in total. The van der Waals surface area contributed by atoms with Crippen molar-refractivity contribution in [2.45, 2.75) is 79.3 Å². The van der Waals surface area contributed by atoms with E-state index in [2.05, 4.69) is 60.4 Å². The lowest BCUT2D eigenvalue weighted by molar-refractivity contribution is 0.0710. The highest BCUT2D eigenvalue weighted by Crippen LogP contribution is 2.30. The first-order chi connectivity index (χ1) is 8.02. The van der Waals surface area contributed by atoms with Crippen molar-refractivity contribution in [1.82, 2.24) is 4.90 Å². The summed E-state index contributed by atoms with van der Waals surface area (Å²) in [5, 5.41) is 0. The molecule has 0 aliphatic heterocycles. The molecule has 110 valence electrons. The molecule has 0 saturated carbocycles. The van der Waals surface area contributed by atoms with Crippen molar-refractivity contribution in [1.29, 1.82) is 0 Å². The summed E-state index contributed by atoms with van der Waals surface area (Å²) in [5.74, 6) is 0.743. The third-order valence-corrected chi connectivity index (χ3v) is 4.18. The van der Waals surface area contributed by atoms with Gasteiger partial charge in [-0.1, -0.05) is 34.6 Å². The van der Waals surface area contributed by atoms with Gasteiger partial charge in [-0.15, -0.1) is 0 Å². The zero-order valence-electron chi connectivity index (χ0n) is 14.0. The number of hydrogen-bond donors (Lipinski definition) is 1. The van der Waals surface area contributed by atoms with E-state index in [-0.39, 0.29) is 5.54 Å². The first kappa shape index (κ1) is 17.9. The van der Waals surface area contributed by atoms with Crippen molar-refractivity contribution in [3.63, 3.8) is 0 Å². The second-order valence-electron chi connectivity index (χ2n) is 7.85. The van der Waals surface area contributed by atoms with E-state index in [0.29, 0.717) is 11.5 Å². The van der Waals surface area contributed by atoms with E-state index in [0.717, 1.165) is 12.5 Å². The molecule has 0 aromatic carbocycles. The maximum absolute atomic E-state index is 6.06. The minimum Gasteiger partial charge on any atom is -0.329 e. The van der Waals surface area contributed by atoms with Gasteiger partial charge in [-0.2, -0.15) is 0 Å². The van der Waals surface area contributed by atoms with Crippen molar-refractivity contribution in [2.75, 3.05) is 13.6 Å². The van der Waals surface area contributed by atoms with Crippen LogP contribution < -0.4 is 5.73 Å². The Morgan fingerprint density at radius 1 is 1.00 bits per heavy atom. The Hall–Kier alpha value is -0.0800. The highest BCUT2D eigenvalue weighted by atomic mass is 15.2. The monoisotopic (exact) mass is 256 g/mol. The van der Waals surface area contributed by atoms with Crippen LogP contribution in [0.2, 0.25) is 0 Å². The number of likely N-dealkylation sites (N-methyl/N-ethyl adjacent to an activating group) is 1. The van der Waals surface area contributed by atoms with Crippen molar-refractivity contribution in [3.05, 3.63) is 0 Å². The Kier molecular flexibility index (Phi) is 6.87. The Morgan fingerprint density at radius 3 is 1.83 bits per heavy atom. The molecule has 2 heteroatoms. The summed E-state index contributed by atoms with van der Waals surface area (Å²) in [6, 6.07) is 0.596. The van der Waals surface area contributed by atoms with Gasteiger partial charge in [0.25, 0.3) is 0 Å². The van der Waals surface area contributed by atoms with Crippen LogP contribution in [0.5, 0.6) is 0 Å². The van der Waals surface area contributed by atoms with Gasteiger partial charge in [-0.25, -0.2) is 0 Å². The van der Waals surface area contributed by atoms with E-state index in [4.69, 9.17) is 5.73 Å². The summed E-state index contributed by atoms with van der Waals surface area (Å²) in [4.78, 5) is 2.50. The molecule has 0 radical (unpaired) electrons. The number of nitrogens with two attached hydrogens (primary N) is 1. The van der Waals surface area contributed by atoms with E-state index in [9.17, 15) is 0 Å². The van der Waals surface area contributed by atoms with Gasteiger partial charge < -0.3 is 5.73 Å². The van der Waals surface area contributed by atoms with Gasteiger partial charge in [0.2, 0.25) is 0 Å². The molecule has 0 spiro atoms. The summed E-state index contributed by atoms with van der Waals surface area (Å²) in [6.07, 6.45) is 3.63. The first-order valence-corrected chi connectivity index (χ1v) is 7.45. The minimum absolute atomic E-state index is 0.127. The number of rotatable bonds is 7. The zero-order chi connectivity index (χ0) is 14.6. The molecule has 0 aliphatic rings. The second-order valence-corrected chi connectivity index (χ2v) is 7.85. The minimum atomic E-state index is 0.127. The van der Waals surface area contributed by atoms with Gasteiger partial charge in [0.15, 0.2) is 0 Å². The molecule has 0 saturated heterocycles. The molecular formula is C16H36N2. The SMILES string of the molecule is CC(C)CC(C)N(C)C(C)(CN)CCC(C)(C)C. The summed E-state index contributed by atoms with van der Waals surface area (Å²) >= 11 is 0. The van der Waals surface area contributed by atoms with Crippen LogP contribution >= 0.6 is 0 Å². The van der Waals surface area contributed by atoms with Gasteiger partial charge in [0.1, 0.15) is 0 Å². The van der Waals surface area contributed by atoms with Gasteiger partial charge >= 0.3 is 0 Å². The Morgan fingerprint density at radius 2 is 1.50 bits per heavy atom. The lowest BCUT2D eigenvalue weighted by Crippen LogP contribution is -2.53. The molecule has 0 aromatic rings. The largest absolute Gasteiger partial charge is 0.329 e. The van der Waals surface area contributed by atoms with Crippen LogP contribution in [0, 0.1) is 11.3 Å². The molecular weight excluding hydrogens is 220 g/mol. The van der Waals surface area contributed by atoms with Crippen molar-refractivity contribution in [2.24, 2.45) is 17.1 Å². The average molecular weight is 256 g/mol. The molecule has 2 atom stereocenters. The fourth-order valence-corrected chi connectivity index (χ4v) is 2.44. The smallest absolute Gasteiger partial charge is 0.0303 e. The maximum Gasteiger partial charge on any atom is 0.0303 e. The quantitative estimate of drug-likeness (QED) is 0.748. The molecule has 2 N–H and O–H groups in total. The average Bonchev–Trinajstić information content (AvgIpc) is 2.23. The summed E-state index contributed by atoms with van der Waals surface area (Å²) in [7, 11) is 2.24. The molecule has 18 heavy (non-hydrogen) atoms. The van der Waals surface area contributed by atoms with Crippen molar-refractivity contribution in [3.8, 4) is 0 Å². The van der Waals surface area contributed by atoms with Gasteiger partial charge in [-0.3, -0.25) is 4.90 Å². The standard InChI is InChI=1S/C16H36N2/c1-13(2)11-14(3)18(8)16(7,12-17)10-9-15(4,5)6/h13-14H,9-12,17H2,1-8H3. The number of nitrogens with zero attached hydrogens (tertiary/aromatic N) is 1. The van der Waals surface area contributed by atoms with Crippen LogP contribution in [0.4, 0.5) is 0 Å². The van der Waals surface area contributed by atoms with Crippen molar-refractivity contribution < 1.29 is 0 Å². The molecule has 0 aromatic heterocycles. The van der Waals surface area contributed by atoms with Gasteiger partial charge in [-0.05, 0) is 51.5 Å². The maximum atomic E-state index is 6.06. The summed E-state index contributed by atoms with van der Waals surface area (Å²) < 4.78 is 0. The normalized spacial score (nSPS) is 18.2. The fraction of sp³-hybridized carbons (Fsp3) is 1.00. The third kappa shape index (κ3) is 6.19. The van der Waals surface area contributed by atoms with Crippen LogP contribution in [-0.4, -0.2) is 30.1 Å². The van der Waals surface area contributed by atoms with Crippen LogP contribution in [0.25, 0.3) is 0 Å². The van der Waals surface area contributed by atoms with E-state index >= 15 is 0 Å². The predicted octanol–water partition coefficient (Wildman–Crippen LogP) is 3.90. The lowest BCUT2D eigenvalue weighted by atomic mass is 9.82. The summed E-state index contributed by atoms with van der Waals surface area (Å²) in [5.41, 5.74) is 6.58. The zero-order valence-corrected chi connectivity index (χ0v) is 14.0. The van der Waals surface area contributed by atoms with Crippen LogP contribution in [0.1, 0.15) is 67.7 Å². The van der Waals surface area contributed by atoms with Crippen LogP contribution in [-0.2, 0) is 0 Å². The molecule has 2 unspecified atom stereocenters. The van der Waals surface area contributed by atoms with E-state index in [1.807, 2.05) is 0 Å². The molecule has 0 heterocycles. The highest BCUT2D eigenvalue weighted by molar-refractivity contribution is 4.89. The third-order valence-electron chi connectivity index (χ3n) is 4.18. The molecule has 0 fully saturated rings. The van der Waals surface area contributed by atoms with E-state index in [1.54, 1.807) is 0 Å². The Bertz CT molecular complexity index is 230. The topological polar surface area (TPSA) is 29.3 Å². The molecule has 0 amide bonds. The van der Waals surface area contributed by atoms with Crippen LogP contribution in [0.15, 0.2) is 0 Å². The summed E-state index contributed by atoms with van der Waals surface area (Å²) in [6.45, 7) is 16.9. The van der Waals surface area contributed by atoms with Crippen molar-refractivity contribution >= 4 is 0 Å². The fourth-order valence-electron chi connectivity index (χ4n) is 2.44. The lowest BCUT2D eigenvalue weighted by Gasteiger charge is -2.43. The van der Waals surface area contributed by atoms with Gasteiger partial charge in [0, 0.05) is 18.1 Å². The predicted molar refractivity (Wildman–Crippen MR) is 82.8 cm³/mol. The molecule has 0 rings (SSSR count). The Labute approximate surface area is 115 Å². The Balaban J connectivity index is 4.61. The first-order valence-electron chi connectivity index (χ1n) is 7.45. The van der Waals surface area contributed by atoms with Gasteiger partial charge in [0.05, 0.1) is 0 Å². The molecule has 0 bridgehead atoms. The number of hydrogen-bond acceptors (Lipinski definition) is 2. The van der Waals surface area contributed by atoms with Crippen LogP contribution in [0.3, 0.4) is 0 Å².